The van der Waals surface area contributed by atoms with Crippen LogP contribution in [0.15, 0.2) is 16.7 Å². The van der Waals surface area contributed by atoms with E-state index in [1.165, 1.54) is 11.1 Å². The molecule has 6 nitrogen and oxygen atoms in total. The summed E-state index contributed by atoms with van der Waals surface area (Å²) in [5.74, 6) is -0.0692. The molecule has 2 rings (SSSR count). The highest BCUT2D eigenvalue weighted by molar-refractivity contribution is 9.10. The third-order valence-corrected chi connectivity index (χ3v) is 3.85. The van der Waals surface area contributed by atoms with Crippen LogP contribution in [-0.2, 0) is 4.74 Å². The second-order valence-corrected chi connectivity index (χ2v) is 6.00. The number of hydrogen-bond acceptors (Lipinski definition) is 5. The Morgan fingerprint density at radius 3 is 2.90 bits per heavy atom. The third kappa shape index (κ3) is 3.47. The molecular weight excluding hydrogens is 326 g/mol. The van der Waals surface area contributed by atoms with Crippen molar-refractivity contribution in [3.63, 3.8) is 0 Å². The Morgan fingerprint density at radius 2 is 2.25 bits per heavy atom. The van der Waals surface area contributed by atoms with Crippen molar-refractivity contribution in [2.45, 2.75) is 18.4 Å². The fourth-order valence-corrected chi connectivity index (χ4v) is 2.58. The zero-order valence-electron chi connectivity index (χ0n) is 11.3. The maximum atomic E-state index is 12.4. The summed E-state index contributed by atoms with van der Waals surface area (Å²) < 4.78 is 5.91. The fraction of sp³-hybridized carbons (Fsp3) is 0.538. The number of hydrogen-bond donors (Lipinski definition) is 2. The van der Waals surface area contributed by atoms with E-state index >= 15 is 0 Å². The van der Waals surface area contributed by atoms with Crippen LogP contribution in [0.1, 0.15) is 23.2 Å². The molecular formula is C13H18BrN3O3. The molecule has 0 spiro atoms. The molecule has 20 heavy (non-hydrogen) atoms. The van der Waals surface area contributed by atoms with Gasteiger partial charge in [-0.15, -0.1) is 0 Å². The Balaban J connectivity index is 2.10. The number of carbonyl (C=O) groups is 1. The van der Waals surface area contributed by atoms with Crippen molar-refractivity contribution in [2.75, 3.05) is 32.5 Å². The van der Waals surface area contributed by atoms with E-state index in [0.717, 1.165) is 0 Å². The lowest BCUT2D eigenvalue weighted by Crippen LogP contribution is -2.47. The summed E-state index contributed by atoms with van der Waals surface area (Å²) in [5, 5.41) is 10.4. The highest BCUT2D eigenvalue weighted by Gasteiger charge is 2.33. The van der Waals surface area contributed by atoms with Crippen LogP contribution in [-0.4, -0.2) is 53.3 Å². The molecule has 0 aromatic carbocycles. The predicted molar refractivity (Wildman–Crippen MR) is 78.3 cm³/mol. The van der Waals surface area contributed by atoms with Crippen molar-refractivity contribution in [3.05, 3.63) is 22.3 Å². The van der Waals surface area contributed by atoms with Gasteiger partial charge in [0.1, 0.15) is 5.82 Å². The molecule has 0 unspecified atom stereocenters. The molecule has 2 heterocycles. The summed E-state index contributed by atoms with van der Waals surface area (Å²) in [4.78, 5) is 17.8. The zero-order chi connectivity index (χ0) is 14.8. The summed E-state index contributed by atoms with van der Waals surface area (Å²) in [6.07, 6.45) is 2.59. The first-order valence-corrected chi connectivity index (χ1v) is 7.17. The van der Waals surface area contributed by atoms with Gasteiger partial charge >= 0.3 is 0 Å². The number of amides is 1. The van der Waals surface area contributed by atoms with Gasteiger partial charge in [-0.3, -0.25) is 4.79 Å². The van der Waals surface area contributed by atoms with Gasteiger partial charge < -0.3 is 20.5 Å². The molecule has 0 saturated carbocycles. The minimum Gasteiger partial charge on any atom is -0.388 e. The molecule has 0 bridgehead atoms. The van der Waals surface area contributed by atoms with Gasteiger partial charge in [-0.2, -0.15) is 0 Å². The molecule has 0 radical (unpaired) electrons. The van der Waals surface area contributed by atoms with Crippen LogP contribution < -0.4 is 5.73 Å². The maximum Gasteiger partial charge on any atom is 0.257 e. The molecule has 1 aromatic heterocycles. The quantitative estimate of drug-likeness (QED) is 0.855. The van der Waals surface area contributed by atoms with Gasteiger partial charge in [-0.25, -0.2) is 4.98 Å². The summed E-state index contributed by atoms with van der Waals surface area (Å²) >= 11 is 3.27. The summed E-state index contributed by atoms with van der Waals surface area (Å²) in [6.45, 7) is 1.28. The van der Waals surface area contributed by atoms with Gasteiger partial charge in [0, 0.05) is 50.3 Å². The number of carbonyl (C=O) groups excluding carboxylic acids is 1. The average Bonchev–Trinajstić information content (AvgIpc) is 2.41. The lowest BCUT2D eigenvalue weighted by atomic mass is 9.94. The second-order valence-electron chi connectivity index (χ2n) is 5.08. The number of pyridine rings is 1. The van der Waals surface area contributed by atoms with Crippen molar-refractivity contribution in [1.29, 1.82) is 0 Å². The van der Waals surface area contributed by atoms with Crippen molar-refractivity contribution in [3.8, 4) is 0 Å². The number of halogens is 1. The summed E-state index contributed by atoms with van der Waals surface area (Å²) in [7, 11) is 1.65. The number of aliphatic hydroxyl groups is 1. The van der Waals surface area contributed by atoms with E-state index in [1.54, 1.807) is 13.1 Å². The number of likely N-dealkylation sites (N-methyl/N-ethyl adjacent to an activating group) is 1. The normalized spacial score (nSPS) is 17.8. The first kappa shape index (κ1) is 15.2. The van der Waals surface area contributed by atoms with Crippen LogP contribution in [0, 0.1) is 0 Å². The fourth-order valence-electron chi connectivity index (χ4n) is 2.25. The average molecular weight is 344 g/mol. The van der Waals surface area contributed by atoms with Gasteiger partial charge in [0.15, 0.2) is 0 Å². The number of aromatic nitrogens is 1. The van der Waals surface area contributed by atoms with Crippen molar-refractivity contribution in [2.24, 2.45) is 0 Å². The van der Waals surface area contributed by atoms with Crippen LogP contribution in [0.25, 0.3) is 0 Å². The minimum atomic E-state index is -0.892. The Kier molecular flexibility index (Phi) is 4.62. The molecule has 1 saturated heterocycles. The number of nitrogen functional groups attached to an aromatic ring is 1. The highest BCUT2D eigenvalue weighted by atomic mass is 79.9. The lowest BCUT2D eigenvalue weighted by Gasteiger charge is -2.35. The second kappa shape index (κ2) is 6.07. The van der Waals surface area contributed by atoms with Crippen molar-refractivity contribution < 1.29 is 14.6 Å². The van der Waals surface area contributed by atoms with Crippen LogP contribution in [0.4, 0.5) is 5.82 Å². The van der Waals surface area contributed by atoms with E-state index < -0.39 is 5.60 Å². The molecule has 0 atom stereocenters. The monoisotopic (exact) mass is 343 g/mol. The number of nitrogens with two attached hydrogens (primary N) is 1. The smallest absolute Gasteiger partial charge is 0.257 e. The Morgan fingerprint density at radius 1 is 1.60 bits per heavy atom. The Bertz CT molecular complexity index is 504. The van der Waals surface area contributed by atoms with Gasteiger partial charge in [0.25, 0.3) is 5.91 Å². The van der Waals surface area contributed by atoms with Gasteiger partial charge in [-0.1, -0.05) is 0 Å². The van der Waals surface area contributed by atoms with E-state index in [-0.39, 0.29) is 18.3 Å². The third-order valence-electron chi connectivity index (χ3n) is 3.42. The Labute approximate surface area is 126 Å². The van der Waals surface area contributed by atoms with Crippen LogP contribution >= 0.6 is 15.9 Å². The molecule has 3 N–H and O–H groups in total. The first-order chi connectivity index (χ1) is 9.41. The lowest BCUT2D eigenvalue weighted by molar-refractivity contribution is -0.0734. The molecule has 0 aliphatic carbocycles. The molecule has 1 aromatic rings. The van der Waals surface area contributed by atoms with Crippen molar-refractivity contribution in [1.82, 2.24) is 9.88 Å². The first-order valence-electron chi connectivity index (χ1n) is 6.38. The van der Waals surface area contributed by atoms with E-state index in [1.807, 2.05) is 0 Å². The van der Waals surface area contributed by atoms with Gasteiger partial charge in [0.2, 0.25) is 0 Å². The van der Waals surface area contributed by atoms with E-state index in [9.17, 15) is 9.90 Å². The van der Waals surface area contributed by atoms with E-state index in [2.05, 4.69) is 20.9 Å². The molecule has 110 valence electrons. The SMILES string of the molecule is CN(CC1(O)CCOCC1)C(=O)c1cc(Br)cnc1N. The maximum absolute atomic E-state index is 12.4. The Hall–Kier alpha value is -1.18. The molecule has 1 aliphatic rings. The number of anilines is 1. The zero-order valence-corrected chi connectivity index (χ0v) is 12.9. The predicted octanol–water partition coefficient (Wildman–Crippen LogP) is 1.04. The van der Waals surface area contributed by atoms with Crippen LogP contribution in [0.3, 0.4) is 0 Å². The van der Waals surface area contributed by atoms with E-state index in [0.29, 0.717) is 36.1 Å². The molecule has 1 fully saturated rings. The number of ether oxygens (including phenoxy) is 1. The standard InChI is InChI=1S/C13H18BrN3O3/c1-17(8-13(19)2-4-20-5-3-13)12(18)10-6-9(14)7-16-11(10)15/h6-7,19H,2-5,8H2,1H3,(H2,15,16). The van der Waals surface area contributed by atoms with Crippen LogP contribution in [0.2, 0.25) is 0 Å². The number of nitrogens with zero attached hydrogens (tertiary/aromatic N) is 2. The minimum absolute atomic E-state index is 0.184. The van der Waals surface area contributed by atoms with Crippen LogP contribution in [0.5, 0.6) is 0 Å². The molecule has 7 heteroatoms. The number of rotatable bonds is 3. The van der Waals surface area contributed by atoms with Crippen molar-refractivity contribution >= 4 is 27.7 Å². The topological polar surface area (TPSA) is 88.7 Å². The summed E-state index contributed by atoms with van der Waals surface area (Å²) in [6, 6.07) is 1.63. The summed E-state index contributed by atoms with van der Waals surface area (Å²) in [5.41, 5.74) is 5.17. The van der Waals surface area contributed by atoms with Gasteiger partial charge in [0.05, 0.1) is 11.2 Å². The molecule has 1 amide bonds. The highest BCUT2D eigenvalue weighted by Crippen LogP contribution is 2.23. The molecule has 1 aliphatic heterocycles. The largest absolute Gasteiger partial charge is 0.388 e. The van der Waals surface area contributed by atoms with Gasteiger partial charge in [-0.05, 0) is 22.0 Å². The van der Waals surface area contributed by atoms with E-state index in [4.69, 9.17) is 10.5 Å².